The zero-order chi connectivity index (χ0) is 15.3. The van der Waals surface area contributed by atoms with Gasteiger partial charge in [0, 0.05) is 6.42 Å². The molecule has 21 heavy (non-hydrogen) atoms. The Balaban J connectivity index is 1.98. The van der Waals surface area contributed by atoms with Crippen LogP contribution in [0, 0.1) is 12.7 Å². The number of halogens is 1. The van der Waals surface area contributed by atoms with Gasteiger partial charge in [-0.05, 0) is 31.0 Å². The van der Waals surface area contributed by atoms with Crippen molar-refractivity contribution in [1.82, 2.24) is 10.2 Å². The van der Waals surface area contributed by atoms with Gasteiger partial charge in [-0.2, -0.15) is 0 Å². The summed E-state index contributed by atoms with van der Waals surface area (Å²) in [5.41, 5.74) is 0.393. The van der Waals surface area contributed by atoms with Crippen molar-refractivity contribution in [3.8, 4) is 0 Å². The molecule has 1 saturated heterocycles. The Morgan fingerprint density at radius 2 is 1.86 bits per heavy atom. The molecular weight excluding hydrogens is 279 g/mol. The van der Waals surface area contributed by atoms with Crippen LogP contribution >= 0.6 is 0 Å². The fourth-order valence-corrected chi connectivity index (χ4v) is 2.73. The Labute approximate surface area is 119 Å². The van der Waals surface area contributed by atoms with Gasteiger partial charge in [0.1, 0.15) is 12.0 Å². The van der Waals surface area contributed by atoms with Gasteiger partial charge in [-0.25, -0.2) is 4.39 Å². The Morgan fingerprint density at radius 1 is 1.24 bits per heavy atom. The van der Waals surface area contributed by atoms with Crippen molar-refractivity contribution < 1.29 is 23.9 Å². The highest BCUT2D eigenvalue weighted by Crippen LogP contribution is 2.30. The molecule has 0 aliphatic carbocycles. The molecule has 2 atom stereocenters. The van der Waals surface area contributed by atoms with Crippen LogP contribution < -0.4 is 5.32 Å². The zero-order valence-electron chi connectivity index (χ0n) is 11.2. The molecule has 1 aromatic rings. The average Bonchev–Trinajstić information content (AvgIpc) is 2.64. The standard InChI is InChI=1S/C14H13FN2O4/c1-6-4-7-8(5-9(6)15)14(21)17(13(7)20)10-2-3-11(18)16-12(10)19/h4-5,10,12,19H,2-3H2,1H3,(H,16,18)/t10-,12?/m0/s1. The highest BCUT2D eigenvalue weighted by Gasteiger charge is 2.44. The molecule has 6 nitrogen and oxygen atoms in total. The minimum atomic E-state index is -1.31. The fourth-order valence-electron chi connectivity index (χ4n) is 2.73. The summed E-state index contributed by atoms with van der Waals surface area (Å²) in [5, 5.41) is 12.2. The summed E-state index contributed by atoms with van der Waals surface area (Å²) >= 11 is 0. The van der Waals surface area contributed by atoms with Crippen LogP contribution in [0.5, 0.6) is 0 Å². The van der Waals surface area contributed by atoms with Gasteiger partial charge in [0.05, 0.1) is 17.2 Å². The number of aliphatic hydroxyl groups excluding tert-OH is 1. The number of hydrogen-bond donors (Lipinski definition) is 2. The van der Waals surface area contributed by atoms with E-state index in [-0.39, 0.29) is 35.4 Å². The maximum atomic E-state index is 13.6. The topological polar surface area (TPSA) is 86.7 Å². The Morgan fingerprint density at radius 3 is 2.48 bits per heavy atom. The molecule has 1 unspecified atom stereocenters. The Bertz CT molecular complexity index is 632. The summed E-state index contributed by atoms with van der Waals surface area (Å²) in [4.78, 5) is 36.8. The number of nitrogens with one attached hydrogen (secondary N) is 1. The van der Waals surface area contributed by atoms with E-state index in [1.807, 2.05) is 0 Å². The van der Waals surface area contributed by atoms with Crippen LogP contribution in [0.3, 0.4) is 0 Å². The van der Waals surface area contributed by atoms with E-state index in [0.29, 0.717) is 0 Å². The first kappa shape index (κ1) is 13.7. The molecule has 0 spiro atoms. The normalized spacial score (nSPS) is 25.1. The first-order valence-electron chi connectivity index (χ1n) is 6.55. The summed E-state index contributed by atoms with van der Waals surface area (Å²) < 4.78 is 13.6. The second-order valence-electron chi connectivity index (χ2n) is 5.25. The van der Waals surface area contributed by atoms with Gasteiger partial charge < -0.3 is 10.4 Å². The lowest BCUT2D eigenvalue weighted by molar-refractivity contribution is -0.129. The molecular formula is C14H13FN2O4. The van der Waals surface area contributed by atoms with E-state index in [9.17, 15) is 23.9 Å². The van der Waals surface area contributed by atoms with E-state index >= 15 is 0 Å². The summed E-state index contributed by atoms with van der Waals surface area (Å²) in [6, 6.07) is 1.54. The number of benzene rings is 1. The number of aliphatic hydroxyl groups is 1. The van der Waals surface area contributed by atoms with Gasteiger partial charge in [0.25, 0.3) is 11.8 Å². The maximum absolute atomic E-state index is 13.6. The Kier molecular flexibility index (Phi) is 3.02. The number of hydrogen-bond acceptors (Lipinski definition) is 4. The zero-order valence-corrected chi connectivity index (χ0v) is 11.2. The van der Waals surface area contributed by atoms with Crippen molar-refractivity contribution in [2.24, 2.45) is 0 Å². The molecule has 2 N–H and O–H groups in total. The highest BCUT2D eigenvalue weighted by atomic mass is 19.1. The van der Waals surface area contributed by atoms with E-state index < -0.39 is 29.9 Å². The quantitative estimate of drug-likeness (QED) is 0.730. The summed E-state index contributed by atoms with van der Waals surface area (Å²) in [7, 11) is 0. The second-order valence-corrected chi connectivity index (χ2v) is 5.25. The lowest BCUT2D eigenvalue weighted by atomic mass is 10.0. The Hall–Kier alpha value is -2.28. The van der Waals surface area contributed by atoms with E-state index in [1.165, 1.54) is 13.0 Å². The van der Waals surface area contributed by atoms with E-state index in [2.05, 4.69) is 5.32 Å². The first-order chi connectivity index (χ1) is 9.90. The van der Waals surface area contributed by atoms with Crippen LogP contribution in [0.15, 0.2) is 12.1 Å². The third kappa shape index (κ3) is 2.01. The SMILES string of the molecule is Cc1cc2c(cc1F)C(=O)N([C@H]1CCC(=O)NC1O)C2=O. The molecule has 0 radical (unpaired) electrons. The first-order valence-corrected chi connectivity index (χ1v) is 6.55. The second kappa shape index (κ2) is 4.63. The van der Waals surface area contributed by atoms with Crippen LogP contribution in [0.2, 0.25) is 0 Å². The highest BCUT2D eigenvalue weighted by molar-refractivity contribution is 6.21. The number of imide groups is 1. The van der Waals surface area contributed by atoms with Crippen molar-refractivity contribution in [2.45, 2.75) is 32.0 Å². The molecule has 110 valence electrons. The van der Waals surface area contributed by atoms with Crippen molar-refractivity contribution in [1.29, 1.82) is 0 Å². The number of rotatable bonds is 1. The molecule has 1 fully saturated rings. The van der Waals surface area contributed by atoms with Gasteiger partial charge >= 0.3 is 0 Å². The summed E-state index contributed by atoms with van der Waals surface area (Å²) in [5.74, 6) is -2.11. The van der Waals surface area contributed by atoms with Gasteiger partial charge in [0.15, 0.2) is 0 Å². The number of carbonyl (C=O) groups excluding carboxylic acids is 3. The van der Waals surface area contributed by atoms with Crippen LogP contribution in [-0.4, -0.2) is 40.0 Å². The van der Waals surface area contributed by atoms with Crippen LogP contribution in [0.25, 0.3) is 0 Å². The van der Waals surface area contributed by atoms with E-state index in [4.69, 9.17) is 0 Å². The molecule has 0 bridgehead atoms. The minimum Gasteiger partial charge on any atom is -0.372 e. The number of aryl methyl sites for hydroxylation is 1. The van der Waals surface area contributed by atoms with Crippen molar-refractivity contribution in [2.75, 3.05) is 0 Å². The molecule has 0 aromatic heterocycles. The molecule has 2 aliphatic heterocycles. The number of nitrogens with zero attached hydrogens (tertiary/aromatic N) is 1. The van der Waals surface area contributed by atoms with Crippen LogP contribution in [0.4, 0.5) is 4.39 Å². The lowest BCUT2D eigenvalue weighted by Gasteiger charge is -2.33. The van der Waals surface area contributed by atoms with Crippen LogP contribution in [0.1, 0.15) is 39.1 Å². The van der Waals surface area contributed by atoms with Crippen LogP contribution in [-0.2, 0) is 4.79 Å². The molecule has 1 aromatic carbocycles. The summed E-state index contributed by atoms with van der Waals surface area (Å²) in [6.45, 7) is 1.51. The molecule has 2 heterocycles. The van der Waals surface area contributed by atoms with Crippen molar-refractivity contribution >= 4 is 17.7 Å². The number of fused-ring (bicyclic) bond motifs is 1. The third-order valence-electron chi connectivity index (χ3n) is 3.87. The van der Waals surface area contributed by atoms with Crippen molar-refractivity contribution in [3.63, 3.8) is 0 Å². The van der Waals surface area contributed by atoms with E-state index in [1.54, 1.807) is 0 Å². The summed E-state index contributed by atoms with van der Waals surface area (Å²) in [6.07, 6.45) is -1.01. The molecule has 3 rings (SSSR count). The van der Waals surface area contributed by atoms with Crippen molar-refractivity contribution in [3.05, 3.63) is 34.6 Å². The minimum absolute atomic E-state index is 0.00722. The fraction of sp³-hybridized carbons (Fsp3) is 0.357. The van der Waals surface area contributed by atoms with Gasteiger partial charge in [-0.15, -0.1) is 0 Å². The molecule has 7 heteroatoms. The van der Waals surface area contributed by atoms with Gasteiger partial charge in [0.2, 0.25) is 5.91 Å². The smallest absolute Gasteiger partial charge is 0.262 e. The lowest BCUT2D eigenvalue weighted by Crippen LogP contribution is -2.57. The van der Waals surface area contributed by atoms with Gasteiger partial charge in [-0.3, -0.25) is 19.3 Å². The molecule has 2 aliphatic rings. The number of amides is 3. The number of carbonyl (C=O) groups is 3. The predicted octanol–water partition coefficient (Wildman–Crippen LogP) is 0.327. The van der Waals surface area contributed by atoms with Gasteiger partial charge in [-0.1, -0.05) is 0 Å². The van der Waals surface area contributed by atoms with E-state index in [0.717, 1.165) is 11.0 Å². The predicted molar refractivity (Wildman–Crippen MR) is 68.8 cm³/mol. The number of piperidine rings is 1. The monoisotopic (exact) mass is 292 g/mol. The third-order valence-corrected chi connectivity index (χ3v) is 3.87. The largest absolute Gasteiger partial charge is 0.372 e. The molecule has 3 amide bonds. The average molecular weight is 292 g/mol. The molecule has 0 saturated carbocycles. The maximum Gasteiger partial charge on any atom is 0.262 e.